The molecule has 4 rings (SSSR count). The van der Waals surface area contributed by atoms with E-state index in [0.717, 1.165) is 24.0 Å². The van der Waals surface area contributed by atoms with Crippen LogP contribution >= 0.6 is 0 Å². The molecule has 0 saturated carbocycles. The van der Waals surface area contributed by atoms with E-state index >= 15 is 0 Å². The van der Waals surface area contributed by atoms with Gasteiger partial charge in [0.25, 0.3) is 5.91 Å². The molecule has 0 bridgehead atoms. The molecular formula is C34H47N5O5. The fraction of sp³-hybridized carbons (Fsp3) is 0.529. The van der Waals surface area contributed by atoms with E-state index in [-0.39, 0.29) is 28.8 Å². The summed E-state index contributed by atoms with van der Waals surface area (Å²) < 4.78 is 23.3. The fourth-order valence-electron chi connectivity index (χ4n) is 5.44. The van der Waals surface area contributed by atoms with Crippen LogP contribution in [0.1, 0.15) is 106 Å². The summed E-state index contributed by atoms with van der Waals surface area (Å²) in [6.45, 7) is 17.7. The average molecular weight is 606 g/mol. The zero-order chi connectivity index (χ0) is 32.7. The normalized spacial score (nSPS) is 14.1. The van der Waals surface area contributed by atoms with Crippen LogP contribution in [0.25, 0.3) is 0 Å². The van der Waals surface area contributed by atoms with Gasteiger partial charge in [0.1, 0.15) is 5.76 Å². The van der Waals surface area contributed by atoms with Crippen molar-refractivity contribution in [2.24, 2.45) is 0 Å². The third-order valence-electron chi connectivity index (χ3n) is 7.55. The maximum atomic E-state index is 13.3. The predicted molar refractivity (Wildman–Crippen MR) is 172 cm³/mol. The van der Waals surface area contributed by atoms with Gasteiger partial charge in [0.2, 0.25) is 17.7 Å². The largest absolute Gasteiger partial charge is 0.479 e. The highest BCUT2D eigenvalue weighted by atomic mass is 16.5. The van der Waals surface area contributed by atoms with E-state index in [9.17, 15) is 4.79 Å². The lowest BCUT2D eigenvalue weighted by atomic mass is 9.86. The molecule has 1 aliphatic rings. The lowest BCUT2D eigenvalue weighted by Crippen LogP contribution is -2.28. The zero-order valence-electron chi connectivity index (χ0n) is 27.9. The van der Waals surface area contributed by atoms with Gasteiger partial charge in [-0.25, -0.2) is 0 Å². The van der Waals surface area contributed by atoms with E-state index in [2.05, 4.69) is 75.0 Å². The molecule has 0 spiro atoms. The first-order chi connectivity index (χ1) is 20.9. The van der Waals surface area contributed by atoms with Crippen LogP contribution < -0.4 is 19.7 Å². The number of anilines is 2. The predicted octanol–water partition coefficient (Wildman–Crippen LogP) is 7.29. The van der Waals surface area contributed by atoms with Crippen LogP contribution in [-0.4, -0.2) is 43.2 Å². The highest BCUT2D eigenvalue weighted by molar-refractivity contribution is 6.03. The third kappa shape index (κ3) is 7.51. The Hall–Kier alpha value is -4.10. The number of fused-ring (bicyclic) bond motifs is 1. The van der Waals surface area contributed by atoms with Crippen molar-refractivity contribution in [3.63, 3.8) is 0 Å². The van der Waals surface area contributed by atoms with E-state index in [4.69, 9.17) is 23.9 Å². The molecule has 44 heavy (non-hydrogen) atoms. The summed E-state index contributed by atoms with van der Waals surface area (Å²) in [5.41, 5.74) is 4.06. The SMILES string of the molecule is CC.CCCCN(CCC#N)c1nc(OC)c(NC(=O)c2ccc(Cc3cc4c(cc3C)C(C)(C)OC4(C)C)o2)c(OC)n1. The summed E-state index contributed by atoms with van der Waals surface area (Å²) in [6, 6.07) is 10.0. The molecule has 1 aliphatic heterocycles. The van der Waals surface area contributed by atoms with Gasteiger partial charge in [-0.15, -0.1) is 0 Å². The minimum absolute atomic E-state index is 0.139. The molecule has 0 aliphatic carbocycles. The van der Waals surface area contributed by atoms with Crippen molar-refractivity contribution in [3.8, 4) is 17.8 Å². The number of nitriles is 1. The van der Waals surface area contributed by atoms with Crippen LogP contribution in [0, 0.1) is 18.3 Å². The summed E-state index contributed by atoms with van der Waals surface area (Å²) >= 11 is 0. The second kappa shape index (κ2) is 14.6. The second-order valence-electron chi connectivity index (χ2n) is 11.5. The van der Waals surface area contributed by atoms with Crippen LogP contribution in [0.5, 0.6) is 11.8 Å². The number of nitrogens with one attached hydrogen (secondary N) is 1. The Morgan fingerprint density at radius 3 is 2.20 bits per heavy atom. The molecule has 1 aromatic carbocycles. The lowest BCUT2D eigenvalue weighted by molar-refractivity contribution is -0.105. The monoisotopic (exact) mass is 605 g/mol. The van der Waals surface area contributed by atoms with Crippen molar-refractivity contribution < 1.29 is 23.4 Å². The van der Waals surface area contributed by atoms with Crippen molar-refractivity contribution in [3.05, 3.63) is 58.0 Å². The number of aromatic nitrogens is 2. The minimum Gasteiger partial charge on any atom is -0.479 e. The second-order valence-corrected chi connectivity index (χ2v) is 11.5. The van der Waals surface area contributed by atoms with Crippen LogP contribution in [-0.2, 0) is 22.4 Å². The van der Waals surface area contributed by atoms with E-state index in [1.54, 1.807) is 6.07 Å². The Balaban J connectivity index is 0.00000259. The number of carbonyl (C=O) groups excluding carboxylic acids is 1. The molecule has 10 nitrogen and oxygen atoms in total. The van der Waals surface area contributed by atoms with E-state index < -0.39 is 11.5 Å². The summed E-state index contributed by atoms with van der Waals surface area (Å²) in [7, 11) is 2.93. The number of benzene rings is 1. The van der Waals surface area contributed by atoms with Gasteiger partial charge in [-0.3, -0.25) is 4.79 Å². The van der Waals surface area contributed by atoms with Gasteiger partial charge in [0.05, 0.1) is 37.9 Å². The van der Waals surface area contributed by atoms with Crippen molar-refractivity contribution >= 4 is 17.5 Å². The van der Waals surface area contributed by atoms with Gasteiger partial charge >= 0.3 is 0 Å². The van der Waals surface area contributed by atoms with Gasteiger partial charge in [-0.05, 0) is 75.4 Å². The fourth-order valence-corrected chi connectivity index (χ4v) is 5.44. The molecule has 0 unspecified atom stereocenters. The van der Waals surface area contributed by atoms with Crippen LogP contribution in [0.3, 0.4) is 0 Å². The summed E-state index contributed by atoms with van der Waals surface area (Å²) in [4.78, 5) is 24.2. The summed E-state index contributed by atoms with van der Waals surface area (Å²) in [6.07, 6.45) is 2.75. The quantitative estimate of drug-likeness (QED) is 0.227. The molecular weight excluding hydrogens is 558 g/mol. The highest BCUT2D eigenvalue weighted by Crippen LogP contribution is 2.47. The topological polar surface area (TPSA) is 123 Å². The standard InChI is InChI=1S/C32H41N5O5.C2H6/c1-9-10-15-37(16-11-14-33)30-35-28(39-7)26(29(36-30)40-8)34-27(38)25-13-12-22(41-25)18-21-19-24-23(17-20(21)2)31(3,4)42-32(24,5)6;1-2/h12-13,17,19H,9-11,15-16,18H2,1-8H3,(H,34,38);1-2H3. The van der Waals surface area contributed by atoms with E-state index in [0.29, 0.717) is 37.6 Å². The molecule has 0 fully saturated rings. The number of carbonyl (C=O) groups is 1. The van der Waals surface area contributed by atoms with E-state index in [1.165, 1.54) is 25.3 Å². The average Bonchev–Trinajstić information content (AvgIpc) is 3.53. The maximum absolute atomic E-state index is 13.3. The highest BCUT2D eigenvalue weighted by Gasteiger charge is 2.43. The third-order valence-corrected chi connectivity index (χ3v) is 7.55. The first-order valence-corrected chi connectivity index (χ1v) is 15.3. The van der Waals surface area contributed by atoms with Gasteiger partial charge < -0.3 is 28.8 Å². The zero-order valence-corrected chi connectivity index (χ0v) is 27.9. The van der Waals surface area contributed by atoms with Crippen LogP contribution in [0.2, 0.25) is 0 Å². The first-order valence-electron chi connectivity index (χ1n) is 15.3. The van der Waals surface area contributed by atoms with Gasteiger partial charge in [-0.1, -0.05) is 39.3 Å². The molecule has 0 saturated heterocycles. The summed E-state index contributed by atoms with van der Waals surface area (Å²) in [5.74, 6) is 0.985. The molecule has 0 atom stereocenters. The number of furan rings is 1. The first kappa shape index (κ1) is 34.4. The number of aryl methyl sites for hydroxylation is 1. The maximum Gasteiger partial charge on any atom is 0.291 e. The van der Waals surface area contributed by atoms with Crippen molar-refractivity contribution in [2.45, 2.75) is 92.3 Å². The number of unbranched alkanes of at least 4 members (excludes halogenated alkanes) is 1. The Kier molecular flexibility index (Phi) is 11.4. The van der Waals surface area contributed by atoms with Crippen molar-refractivity contribution in [2.75, 3.05) is 37.5 Å². The Labute approximate surface area is 261 Å². The number of methoxy groups -OCH3 is 2. The molecule has 10 heteroatoms. The van der Waals surface area contributed by atoms with Crippen LogP contribution in [0.4, 0.5) is 11.6 Å². The number of ether oxygens (including phenoxy) is 3. The lowest BCUT2D eigenvalue weighted by Gasteiger charge is -2.24. The molecule has 1 amide bonds. The molecule has 3 heterocycles. The molecule has 2 aromatic heterocycles. The van der Waals surface area contributed by atoms with E-state index in [1.807, 2.05) is 24.8 Å². The Morgan fingerprint density at radius 1 is 1.02 bits per heavy atom. The number of hydrogen-bond donors (Lipinski definition) is 1. The van der Waals surface area contributed by atoms with Crippen molar-refractivity contribution in [1.29, 1.82) is 5.26 Å². The molecule has 0 radical (unpaired) electrons. The smallest absolute Gasteiger partial charge is 0.291 e. The molecule has 1 N–H and O–H groups in total. The number of rotatable bonds is 12. The Bertz CT molecular complexity index is 1460. The Morgan fingerprint density at radius 2 is 1.64 bits per heavy atom. The van der Waals surface area contributed by atoms with Gasteiger partial charge in [0.15, 0.2) is 11.4 Å². The molecule has 238 valence electrons. The number of hydrogen-bond acceptors (Lipinski definition) is 9. The van der Waals surface area contributed by atoms with Gasteiger partial charge in [0, 0.05) is 19.5 Å². The minimum atomic E-state index is -0.483. The number of amides is 1. The molecule has 3 aromatic rings. The van der Waals surface area contributed by atoms with Crippen LogP contribution in [0.15, 0.2) is 28.7 Å². The van der Waals surface area contributed by atoms with Crippen molar-refractivity contribution in [1.82, 2.24) is 9.97 Å². The number of nitrogens with zero attached hydrogens (tertiary/aromatic N) is 4. The van der Waals surface area contributed by atoms with Gasteiger partial charge in [-0.2, -0.15) is 15.2 Å². The summed E-state index contributed by atoms with van der Waals surface area (Å²) in [5, 5.41) is 11.9.